The molecule has 1 saturated heterocycles. The van der Waals surface area contributed by atoms with Crippen molar-refractivity contribution in [3.05, 3.63) is 35.9 Å². The summed E-state index contributed by atoms with van der Waals surface area (Å²) < 4.78 is 0. The fourth-order valence-electron chi connectivity index (χ4n) is 3.50. The molecule has 0 radical (unpaired) electrons. The van der Waals surface area contributed by atoms with Gasteiger partial charge in [-0.3, -0.25) is 0 Å². The van der Waals surface area contributed by atoms with E-state index in [1.165, 1.54) is 19.4 Å². The summed E-state index contributed by atoms with van der Waals surface area (Å²) in [5, 5.41) is 10.7. The zero-order chi connectivity index (χ0) is 15.5. The first-order chi connectivity index (χ1) is 9.90. The Hall–Kier alpha value is -0.900. The number of benzene rings is 1. The molecule has 118 valence electrons. The third-order valence-corrected chi connectivity index (χ3v) is 4.73. The van der Waals surface area contributed by atoms with E-state index >= 15 is 0 Å². The van der Waals surface area contributed by atoms with Crippen LogP contribution in [0.1, 0.15) is 38.4 Å². The lowest BCUT2D eigenvalue weighted by Crippen LogP contribution is -2.42. The van der Waals surface area contributed by atoms with E-state index in [9.17, 15) is 5.11 Å². The number of hydrogen-bond acceptors (Lipinski definition) is 3. The molecule has 0 saturated carbocycles. The molecule has 1 aromatic rings. The second-order valence-corrected chi connectivity index (χ2v) is 7.28. The van der Waals surface area contributed by atoms with Gasteiger partial charge in [0.05, 0.1) is 6.10 Å². The Morgan fingerprint density at radius 1 is 1.33 bits per heavy atom. The van der Waals surface area contributed by atoms with Gasteiger partial charge in [-0.05, 0) is 39.0 Å². The van der Waals surface area contributed by atoms with Gasteiger partial charge in [0, 0.05) is 24.5 Å². The van der Waals surface area contributed by atoms with Crippen LogP contribution in [0.25, 0.3) is 0 Å². The maximum Gasteiger partial charge on any atom is 0.0853 e. The summed E-state index contributed by atoms with van der Waals surface area (Å²) in [6, 6.07) is 10.7. The van der Waals surface area contributed by atoms with Gasteiger partial charge in [-0.2, -0.15) is 0 Å². The fraction of sp³-hybridized carbons (Fsp3) is 0.667. The molecule has 0 aromatic heterocycles. The Kier molecular flexibility index (Phi) is 5.42. The number of rotatable bonds is 6. The second-order valence-electron chi connectivity index (χ2n) is 7.28. The minimum absolute atomic E-state index is 0.159. The number of nitrogens with zero attached hydrogens (tertiary/aromatic N) is 2. The predicted molar refractivity (Wildman–Crippen MR) is 88.3 cm³/mol. The van der Waals surface area contributed by atoms with E-state index in [1.54, 1.807) is 0 Å². The minimum Gasteiger partial charge on any atom is -0.388 e. The molecular weight excluding hydrogens is 260 g/mol. The van der Waals surface area contributed by atoms with Crippen LogP contribution in [0.5, 0.6) is 0 Å². The molecule has 0 amide bonds. The van der Waals surface area contributed by atoms with E-state index in [-0.39, 0.29) is 5.41 Å². The monoisotopic (exact) mass is 290 g/mol. The van der Waals surface area contributed by atoms with Crippen molar-refractivity contribution in [2.75, 3.05) is 33.7 Å². The first-order valence-electron chi connectivity index (χ1n) is 8.02. The van der Waals surface area contributed by atoms with Crippen LogP contribution < -0.4 is 0 Å². The summed E-state index contributed by atoms with van der Waals surface area (Å²) in [6.07, 6.45) is 2.18. The zero-order valence-corrected chi connectivity index (χ0v) is 13.9. The van der Waals surface area contributed by atoms with Gasteiger partial charge < -0.3 is 14.9 Å². The minimum atomic E-state index is -0.428. The molecule has 1 N–H and O–H groups in total. The Bertz CT molecular complexity index is 432. The maximum absolute atomic E-state index is 10.7. The van der Waals surface area contributed by atoms with Crippen LogP contribution in [0.3, 0.4) is 0 Å². The highest BCUT2D eigenvalue weighted by molar-refractivity contribution is 5.19. The van der Waals surface area contributed by atoms with E-state index in [4.69, 9.17) is 0 Å². The number of likely N-dealkylation sites (N-methyl/N-ethyl adjacent to an activating group) is 2. The lowest BCUT2D eigenvalue weighted by atomic mass is 9.82. The molecule has 1 aliphatic rings. The fourth-order valence-corrected chi connectivity index (χ4v) is 3.50. The smallest absolute Gasteiger partial charge is 0.0853 e. The van der Waals surface area contributed by atoms with Crippen molar-refractivity contribution in [1.82, 2.24) is 9.80 Å². The van der Waals surface area contributed by atoms with Crippen LogP contribution >= 0.6 is 0 Å². The summed E-state index contributed by atoms with van der Waals surface area (Å²) in [5.41, 5.74) is 0.849. The standard InChI is InChI=1S/C18H30N2O/c1-18(2,17(21)15-9-6-5-7-10-15)14-19(3)13-16-11-8-12-20(16)4/h5-7,9-10,16-17,21H,8,11-14H2,1-4H3. The number of likely N-dealkylation sites (tertiary alicyclic amines) is 1. The Balaban J connectivity index is 1.93. The molecule has 1 aromatic carbocycles. The van der Waals surface area contributed by atoms with Crippen molar-refractivity contribution in [2.24, 2.45) is 5.41 Å². The van der Waals surface area contributed by atoms with E-state index in [0.29, 0.717) is 6.04 Å². The predicted octanol–water partition coefficient (Wildman–Crippen LogP) is 2.77. The molecule has 3 heteroatoms. The molecule has 1 heterocycles. The van der Waals surface area contributed by atoms with Gasteiger partial charge in [-0.25, -0.2) is 0 Å². The average Bonchev–Trinajstić information content (AvgIpc) is 2.83. The summed E-state index contributed by atoms with van der Waals surface area (Å²) in [5.74, 6) is 0. The van der Waals surface area contributed by atoms with E-state index in [1.807, 2.05) is 30.3 Å². The van der Waals surface area contributed by atoms with Crippen LogP contribution in [0.15, 0.2) is 30.3 Å². The van der Waals surface area contributed by atoms with Gasteiger partial charge in [0.25, 0.3) is 0 Å². The molecule has 0 aliphatic carbocycles. The topological polar surface area (TPSA) is 26.7 Å². The third kappa shape index (κ3) is 4.29. The summed E-state index contributed by atoms with van der Waals surface area (Å²) >= 11 is 0. The quantitative estimate of drug-likeness (QED) is 0.873. The van der Waals surface area contributed by atoms with Crippen LogP contribution in [0.2, 0.25) is 0 Å². The second kappa shape index (κ2) is 6.91. The molecule has 2 unspecified atom stereocenters. The molecule has 1 fully saturated rings. The van der Waals surface area contributed by atoms with Crippen molar-refractivity contribution >= 4 is 0 Å². The summed E-state index contributed by atoms with van der Waals surface area (Å²) in [4.78, 5) is 4.83. The Labute approximate surface area is 129 Å². The molecule has 0 bridgehead atoms. The number of aliphatic hydroxyl groups is 1. The highest BCUT2D eigenvalue weighted by Gasteiger charge is 2.31. The molecule has 2 rings (SSSR count). The third-order valence-electron chi connectivity index (χ3n) is 4.73. The normalized spacial score (nSPS) is 21.9. The van der Waals surface area contributed by atoms with E-state index in [2.05, 4.69) is 37.7 Å². The first-order valence-corrected chi connectivity index (χ1v) is 8.02. The Morgan fingerprint density at radius 2 is 2.00 bits per heavy atom. The van der Waals surface area contributed by atoms with Crippen LogP contribution in [0.4, 0.5) is 0 Å². The molecule has 0 spiro atoms. The molecule has 2 atom stereocenters. The SMILES string of the molecule is CN(CC1CCCN1C)CC(C)(C)C(O)c1ccccc1. The van der Waals surface area contributed by atoms with Crippen LogP contribution in [-0.4, -0.2) is 54.7 Å². The van der Waals surface area contributed by atoms with E-state index in [0.717, 1.165) is 18.7 Å². The zero-order valence-electron chi connectivity index (χ0n) is 13.9. The van der Waals surface area contributed by atoms with Crippen molar-refractivity contribution < 1.29 is 5.11 Å². The van der Waals surface area contributed by atoms with Gasteiger partial charge in [0.2, 0.25) is 0 Å². The van der Waals surface area contributed by atoms with Crippen molar-refractivity contribution in [3.8, 4) is 0 Å². The maximum atomic E-state index is 10.7. The summed E-state index contributed by atoms with van der Waals surface area (Å²) in [7, 11) is 4.39. The lowest BCUT2D eigenvalue weighted by molar-refractivity contribution is 0.0221. The van der Waals surface area contributed by atoms with Gasteiger partial charge in [-0.1, -0.05) is 44.2 Å². The van der Waals surface area contributed by atoms with Crippen molar-refractivity contribution in [3.63, 3.8) is 0 Å². The van der Waals surface area contributed by atoms with Crippen LogP contribution in [-0.2, 0) is 0 Å². The molecule has 21 heavy (non-hydrogen) atoms. The van der Waals surface area contributed by atoms with Crippen molar-refractivity contribution in [1.29, 1.82) is 0 Å². The van der Waals surface area contributed by atoms with Gasteiger partial charge in [-0.15, -0.1) is 0 Å². The highest BCUT2D eigenvalue weighted by Crippen LogP contribution is 2.34. The first kappa shape index (κ1) is 16.5. The largest absolute Gasteiger partial charge is 0.388 e. The molecule has 1 aliphatic heterocycles. The van der Waals surface area contributed by atoms with Gasteiger partial charge >= 0.3 is 0 Å². The number of hydrogen-bond donors (Lipinski definition) is 1. The number of aliphatic hydroxyl groups excluding tert-OH is 1. The van der Waals surface area contributed by atoms with Gasteiger partial charge in [0.15, 0.2) is 0 Å². The van der Waals surface area contributed by atoms with Crippen LogP contribution in [0, 0.1) is 5.41 Å². The highest BCUT2D eigenvalue weighted by atomic mass is 16.3. The summed E-state index contributed by atoms with van der Waals surface area (Å²) in [6.45, 7) is 7.50. The average molecular weight is 290 g/mol. The Morgan fingerprint density at radius 3 is 2.57 bits per heavy atom. The van der Waals surface area contributed by atoms with Gasteiger partial charge in [0.1, 0.15) is 0 Å². The molecular formula is C18H30N2O. The van der Waals surface area contributed by atoms with E-state index < -0.39 is 6.10 Å². The van der Waals surface area contributed by atoms with Crippen molar-refractivity contribution in [2.45, 2.75) is 38.8 Å². The molecule has 3 nitrogen and oxygen atoms in total. The lowest BCUT2D eigenvalue weighted by Gasteiger charge is -2.36.